The van der Waals surface area contributed by atoms with Gasteiger partial charge in [0, 0.05) is 11.4 Å². The van der Waals surface area contributed by atoms with Gasteiger partial charge in [-0.1, -0.05) is 36.4 Å². The molecule has 2 rings (SSSR count). The summed E-state index contributed by atoms with van der Waals surface area (Å²) in [6, 6.07) is 17.2. The van der Waals surface area contributed by atoms with Crippen LogP contribution in [0.4, 0.5) is 5.69 Å². The highest BCUT2D eigenvalue weighted by molar-refractivity contribution is 7.99. The van der Waals surface area contributed by atoms with Gasteiger partial charge in [0.05, 0.1) is 11.9 Å². The monoisotopic (exact) mass is 392 g/mol. The van der Waals surface area contributed by atoms with Crippen LogP contribution < -0.4 is 9.62 Å². The standard InChI is InChI=1S/C19H24N2O3S2/c1-16-9-6-7-12-18(16)21(26(2,23)24)15-19(22)20-13-8-14-25-17-10-4-3-5-11-17/h3-7,9-12H,8,13-15H2,1-2H3,(H,20,22). The van der Waals surface area contributed by atoms with E-state index in [1.54, 1.807) is 23.9 Å². The molecular weight excluding hydrogens is 368 g/mol. The molecule has 0 fully saturated rings. The van der Waals surface area contributed by atoms with Gasteiger partial charge in [-0.3, -0.25) is 9.10 Å². The summed E-state index contributed by atoms with van der Waals surface area (Å²) in [5.41, 5.74) is 1.34. The van der Waals surface area contributed by atoms with Crippen LogP contribution in [-0.2, 0) is 14.8 Å². The normalized spacial score (nSPS) is 11.2. The Morgan fingerprint density at radius 1 is 1.08 bits per heavy atom. The van der Waals surface area contributed by atoms with Crippen molar-refractivity contribution in [3.8, 4) is 0 Å². The molecule has 0 aliphatic heterocycles. The van der Waals surface area contributed by atoms with E-state index in [0.29, 0.717) is 12.2 Å². The molecule has 5 nitrogen and oxygen atoms in total. The lowest BCUT2D eigenvalue weighted by molar-refractivity contribution is -0.119. The molecule has 0 saturated carbocycles. The van der Waals surface area contributed by atoms with Gasteiger partial charge in [0.1, 0.15) is 6.54 Å². The van der Waals surface area contributed by atoms with Gasteiger partial charge < -0.3 is 5.32 Å². The highest BCUT2D eigenvalue weighted by atomic mass is 32.2. The van der Waals surface area contributed by atoms with E-state index >= 15 is 0 Å². The molecule has 1 amide bonds. The topological polar surface area (TPSA) is 66.5 Å². The summed E-state index contributed by atoms with van der Waals surface area (Å²) in [7, 11) is -3.54. The fraction of sp³-hybridized carbons (Fsp3) is 0.316. The van der Waals surface area contributed by atoms with Crippen LogP contribution in [0.5, 0.6) is 0 Å². The van der Waals surface area contributed by atoms with Crippen molar-refractivity contribution in [3.63, 3.8) is 0 Å². The first-order chi connectivity index (χ1) is 12.4. The van der Waals surface area contributed by atoms with Gasteiger partial charge in [0.15, 0.2) is 0 Å². The molecule has 0 spiro atoms. The fourth-order valence-electron chi connectivity index (χ4n) is 2.42. The number of sulfonamides is 1. The van der Waals surface area contributed by atoms with Crippen molar-refractivity contribution in [2.45, 2.75) is 18.2 Å². The average Bonchev–Trinajstić information content (AvgIpc) is 2.60. The number of nitrogens with zero attached hydrogens (tertiary/aromatic N) is 1. The lowest BCUT2D eigenvalue weighted by Gasteiger charge is -2.23. The molecule has 140 valence electrons. The maximum Gasteiger partial charge on any atom is 0.240 e. The van der Waals surface area contributed by atoms with Crippen LogP contribution >= 0.6 is 11.8 Å². The molecule has 2 aromatic carbocycles. The highest BCUT2D eigenvalue weighted by Crippen LogP contribution is 2.21. The predicted molar refractivity (Wildman–Crippen MR) is 108 cm³/mol. The second-order valence-corrected chi connectivity index (χ2v) is 9.00. The minimum absolute atomic E-state index is 0.213. The quantitative estimate of drug-likeness (QED) is 0.526. The average molecular weight is 393 g/mol. The van der Waals surface area contributed by atoms with E-state index in [1.165, 1.54) is 4.90 Å². The lowest BCUT2D eigenvalue weighted by atomic mass is 10.2. The number of nitrogens with one attached hydrogen (secondary N) is 1. The van der Waals surface area contributed by atoms with Crippen LogP contribution in [0.3, 0.4) is 0 Å². The zero-order chi connectivity index (χ0) is 19.0. The number of carbonyl (C=O) groups is 1. The maximum absolute atomic E-state index is 12.2. The minimum Gasteiger partial charge on any atom is -0.354 e. The predicted octanol–water partition coefficient (Wildman–Crippen LogP) is 3.06. The Balaban J connectivity index is 1.83. The summed E-state index contributed by atoms with van der Waals surface area (Å²) in [5.74, 6) is 0.584. The number of benzene rings is 2. The van der Waals surface area contributed by atoms with Crippen LogP contribution in [-0.4, -0.2) is 39.4 Å². The summed E-state index contributed by atoms with van der Waals surface area (Å²) < 4.78 is 25.3. The Labute approximate surface area is 159 Å². The number of thioether (sulfide) groups is 1. The first-order valence-corrected chi connectivity index (χ1v) is 11.2. The van der Waals surface area contributed by atoms with E-state index in [-0.39, 0.29) is 12.5 Å². The van der Waals surface area contributed by atoms with Gasteiger partial charge in [0.2, 0.25) is 15.9 Å². The summed E-state index contributed by atoms with van der Waals surface area (Å²) in [5, 5.41) is 2.80. The molecule has 1 N–H and O–H groups in total. The van der Waals surface area contributed by atoms with Crippen LogP contribution in [0.15, 0.2) is 59.5 Å². The Morgan fingerprint density at radius 3 is 2.38 bits per heavy atom. The maximum atomic E-state index is 12.2. The molecular formula is C19H24N2O3S2. The van der Waals surface area contributed by atoms with Gasteiger partial charge in [-0.05, 0) is 42.9 Å². The summed E-state index contributed by atoms with van der Waals surface area (Å²) in [4.78, 5) is 13.4. The number of rotatable bonds is 9. The van der Waals surface area contributed by atoms with E-state index in [9.17, 15) is 13.2 Å². The summed E-state index contributed by atoms with van der Waals surface area (Å²) in [6.07, 6.45) is 1.93. The zero-order valence-corrected chi connectivity index (χ0v) is 16.6. The Morgan fingerprint density at radius 2 is 1.73 bits per heavy atom. The second-order valence-electron chi connectivity index (χ2n) is 5.92. The van der Waals surface area contributed by atoms with E-state index in [1.807, 2.05) is 37.3 Å². The van der Waals surface area contributed by atoms with Crippen molar-refractivity contribution < 1.29 is 13.2 Å². The van der Waals surface area contributed by atoms with Crippen molar-refractivity contribution in [2.24, 2.45) is 0 Å². The van der Waals surface area contributed by atoms with Crippen molar-refractivity contribution in [3.05, 3.63) is 60.2 Å². The third kappa shape index (κ3) is 6.38. The van der Waals surface area contributed by atoms with Gasteiger partial charge in [-0.15, -0.1) is 11.8 Å². The number of anilines is 1. The highest BCUT2D eigenvalue weighted by Gasteiger charge is 2.21. The minimum atomic E-state index is -3.54. The van der Waals surface area contributed by atoms with Crippen LogP contribution in [0.25, 0.3) is 0 Å². The Hall–Kier alpha value is -1.99. The lowest BCUT2D eigenvalue weighted by Crippen LogP contribution is -2.41. The number of amides is 1. The third-order valence-electron chi connectivity index (χ3n) is 3.73. The molecule has 0 heterocycles. The molecule has 0 aromatic heterocycles. The van der Waals surface area contributed by atoms with E-state index in [4.69, 9.17) is 0 Å². The number of hydrogen-bond acceptors (Lipinski definition) is 4. The number of hydrogen-bond donors (Lipinski definition) is 1. The molecule has 26 heavy (non-hydrogen) atoms. The molecule has 0 aliphatic rings. The van der Waals surface area contributed by atoms with Crippen molar-refractivity contribution in [2.75, 3.05) is 29.4 Å². The van der Waals surface area contributed by atoms with Crippen molar-refractivity contribution in [1.82, 2.24) is 5.32 Å². The summed E-state index contributed by atoms with van der Waals surface area (Å²) >= 11 is 1.73. The molecule has 0 bridgehead atoms. The fourth-order valence-corrected chi connectivity index (χ4v) is 4.21. The number of carbonyl (C=O) groups excluding carboxylic acids is 1. The second kappa shape index (κ2) is 9.64. The molecule has 0 atom stereocenters. The molecule has 0 saturated heterocycles. The smallest absolute Gasteiger partial charge is 0.240 e. The van der Waals surface area contributed by atoms with E-state index < -0.39 is 10.0 Å². The molecule has 0 radical (unpaired) electrons. The molecule has 2 aromatic rings. The van der Waals surface area contributed by atoms with Crippen LogP contribution in [0, 0.1) is 6.92 Å². The van der Waals surface area contributed by atoms with Crippen molar-refractivity contribution in [1.29, 1.82) is 0 Å². The number of aryl methyl sites for hydroxylation is 1. The molecule has 0 unspecified atom stereocenters. The van der Waals surface area contributed by atoms with Gasteiger partial charge in [-0.25, -0.2) is 8.42 Å². The first kappa shape index (κ1) is 20.3. The molecule has 7 heteroatoms. The van der Waals surface area contributed by atoms with Crippen LogP contribution in [0.1, 0.15) is 12.0 Å². The first-order valence-electron chi connectivity index (χ1n) is 8.36. The molecule has 0 aliphatic carbocycles. The third-order valence-corrected chi connectivity index (χ3v) is 5.95. The Kier molecular flexibility index (Phi) is 7.53. The SMILES string of the molecule is Cc1ccccc1N(CC(=O)NCCCSc1ccccc1)S(C)(=O)=O. The van der Waals surface area contributed by atoms with Crippen molar-refractivity contribution >= 4 is 33.4 Å². The number of para-hydroxylation sites is 1. The van der Waals surface area contributed by atoms with Gasteiger partial charge in [-0.2, -0.15) is 0 Å². The van der Waals surface area contributed by atoms with Crippen LogP contribution in [0.2, 0.25) is 0 Å². The van der Waals surface area contributed by atoms with E-state index in [2.05, 4.69) is 17.4 Å². The van der Waals surface area contributed by atoms with Gasteiger partial charge >= 0.3 is 0 Å². The largest absolute Gasteiger partial charge is 0.354 e. The van der Waals surface area contributed by atoms with E-state index in [0.717, 1.165) is 28.3 Å². The Bertz CT molecular complexity index is 824. The zero-order valence-electron chi connectivity index (χ0n) is 15.0. The van der Waals surface area contributed by atoms with Gasteiger partial charge in [0.25, 0.3) is 0 Å². The summed E-state index contributed by atoms with van der Waals surface area (Å²) in [6.45, 7) is 2.13.